The third-order valence-corrected chi connectivity index (χ3v) is 2.46. The molecular formula is C8H16ClNO2. The molecule has 1 heterocycles. The average Bonchev–Trinajstić information content (AvgIpc) is 2.32. The van der Waals surface area contributed by atoms with E-state index >= 15 is 0 Å². The summed E-state index contributed by atoms with van der Waals surface area (Å²) in [4.78, 5) is 2.07. The van der Waals surface area contributed by atoms with E-state index in [0.717, 1.165) is 19.4 Å². The first-order valence-corrected chi connectivity index (χ1v) is 4.92. The summed E-state index contributed by atoms with van der Waals surface area (Å²) in [6, 6.07) is 0. The van der Waals surface area contributed by atoms with Gasteiger partial charge in [0.2, 0.25) is 0 Å². The van der Waals surface area contributed by atoms with E-state index < -0.39 is 12.2 Å². The summed E-state index contributed by atoms with van der Waals surface area (Å²) in [5.74, 6) is 0.693. The van der Waals surface area contributed by atoms with Gasteiger partial charge in [-0.25, -0.2) is 0 Å². The number of alkyl halides is 1. The third-order valence-electron chi connectivity index (χ3n) is 2.19. The Hall–Kier alpha value is 0.170. The molecule has 1 saturated heterocycles. The van der Waals surface area contributed by atoms with E-state index in [2.05, 4.69) is 4.90 Å². The molecule has 4 heteroatoms. The van der Waals surface area contributed by atoms with E-state index in [1.54, 1.807) is 0 Å². The van der Waals surface area contributed by atoms with Crippen molar-refractivity contribution >= 4 is 11.6 Å². The molecule has 0 bridgehead atoms. The molecule has 0 radical (unpaired) electrons. The number of unbranched alkanes of at least 4 members (excludes halogenated alkanes) is 1. The Balaban J connectivity index is 2.10. The molecule has 12 heavy (non-hydrogen) atoms. The highest BCUT2D eigenvalue weighted by atomic mass is 35.5. The second kappa shape index (κ2) is 5.02. The number of β-amino-alcohol motifs (C(OH)–C–C–N with tert-alkyl or cyclic N) is 2. The third kappa shape index (κ3) is 2.90. The number of halogens is 1. The maximum Gasteiger partial charge on any atom is 0.0938 e. The number of hydrogen-bond donors (Lipinski definition) is 2. The van der Waals surface area contributed by atoms with E-state index in [9.17, 15) is 10.2 Å². The predicted molar refractivity (Wildman–Crippen MR) is 48.4 cm³/mol. The standard InChI is InChI=1S/C8H16ClNO2/c9-3-1-2-4-10-5-7(11)8(12)6-10/h7-8,11-12H,1-6H2. The van der Waals surface area contributed by atoms with Gasteiger partial charge in [-0.3, -0.25) is 4.90 Å². The molecule has 0 aromatic rings. The van der Waals surface area contributed by atoms with E-state index in [1.807, 2.05) is 0 Å². The van der Waals surface area contributed by atoms with Crippen molar-refractivity contribution in [1.82, 2.24) is 4.90 Å². The van der Waals surface area contributed by atoms with Gasteiger partial charge < -0.3 is 10.2 Å². The zero-order valence-electron chi connectivity index (χ0n) is 7.12. The van der Waals surface area contributed by atoms with Gasteiger partial charge in [0.1, 0.15) is 0 Å². The van der Waals surface area contributed by atoms with Crippen LogP contribution in [0.15, 0.2) is 0 Å². The van der Waals surface area contributed by atoms with Crippen LogP contribution in [-0.2, 0) is 0 Å². The minimum Gasteiger partial charge on any atom is -0.389 e. The molecule has 72 valence electrons. The summed E-state index contributed by atoms with van der Waals surface area (Å²) in [7, 11) is 0. The van der Waals surface area contributed by atoms with E-state index in [0.29, 0.717) is 19.0 Å². The molecule has 1 fully saturated rings. The van der Waals surface area contributed by atoms with E-state index in [4.69, 9.17) is 11.6 Å². The van der Waals surface area contributed by atoms with Gasteiger partial charge in [0.15, 0.2) is 0 Å². The second-order valence-electron chi connectivity index (χ2n) is 3.29. The molecule has 2 unspecified atom stereocenters. The first kappa shape index (κ1) is 10.3. The fourth-order valence-electron chi connectivity index (χ4n) is 1.46. The van der Waals surface area contributed by atoms with Crippen LogP contribution in [0.5, 0.6) is 0 Å². The van der Waals surface area contributed by atoms with Gasteiger partial charge in [-0.05, 0) is 19.4 Å². The SMILES string of the molecule is OC1CN(CCCCCl)CC1O. The lowest BCUT2D eigenvalue weighted by molar-refractivity contribution is 0.0572. The maximum atomic E-state index is 9.21. The van der Waals surface area contributed by atoms with Gasteiger partial charge in [-0.2, -0.15) is 0 Å². The molecule has 1 rings (SSSR count). The normalized spacial score (nSPS) is 31.2. The Labute approximate surface area is 77.9 Å². The zero-order valence-corrected chi connectivity index (χ0v) is 7.87. The highest BCUT2D eigenvalue weighted by Gasteiger charge is 2.28. The lowest BCUT2D eigenvalue weighted by Gasteiger charge is -2.13. The number of rotatable bonds is 4. The first-order chi connectivity index (χ1) is 5.74. The van der Waals surface area contributed by atoms with Crippen molar-refractivity contribution in [2.45, 2.75) is 25.0 Å². The highest BCUT2D eigenvalue weighted by molar-refractivity contribution is 6.17. The monoisotopic (exact) mass is 193 g/mol. The molecule has 1 aliphatic rings. The Morgan fingerprint density at radius 1 is 1.17 bits per heavy atom. The first-order valence-electron chi connectivity index (χ1n) is 4.38. The molecule has 2 atom stereocenters. The molecule has 3 nitrogen and oxygen atoms in total. The minimum atomic E-state index is -0.555. The molecule has 0 aromatic heterocycles. The number of nitrogens with zero attached hydrogens (tertiary/aromatic N) is 1. The zero-order chi connectivity index (χ0) is 8.97. The van der Waals surface area contributed by atoms with Crippen LogP contribution in [0.3, 0.4) is 0 Å². The topological polar surface area (TPSA) is 43.7 Å². The minimum absolute atomic E-state index is 0.555. The van der Waals surface area contributed by atoms with Gasteiger partial charge in [-0.15, -0.1) is 11.6 Å². The van der Waals surface area contributed by atoms with Gasteiger partial charge in [0.25, 0.3) is 0 Å². The van der Waals surface area contributed by atoms with Gasteiger partial charge in [0.05, 0.1) is 12.2 Å². The Kier molecular flexibility index (Phi) is 4.29. The van der Waals surface area contributed by atoms with Crippen molar-refractivity contribution in [3.63, 3.8) is 0 Å². The summed E-state index contributed by atoms with van der Waals surface area (Å²) in [5, 5.41) is 18.4. The van der Waals surface area contributed by atoms with Crippen molar-refractivity contribution in [2.75, 3.05) is 25.5 Å². The molecule has 0 saturated carbocycles. The number of aliphatic hydroxyl groups excluding tert-OH is 2. The van der Waals surface area contributed by atoms with Crippen molar-refractivity contribution in [2.24, 2.45) is 0 Å². The maximum absolute atomic E-state index is 9.21. The summed E-state index contributed by atoms with van der Waals surface area (Å²) < 4.78 is 0. The van der Waals surface area contributed by atoms with E-state index in [1.165, 1.54) is 0 Å². The van der Waals surface area contributed by atoms with Crippen LogP contribution in [0.25, 0.3) is 0 Å². The van der Waals surface area contributed by atoms with Gasteiger partial charge >= 0.3 is 0 Å². The van der Waals surface area contributed by atoms with Crippen LogP contribution in [0.2, 0.25) is 0 Å². The number of hydrogen-bond acceptors (Lipinski definition) is 3. The Morgan fingerprint density at radius 3 is 2.25 bits per heavy atom. The predicted octanol–water partition coefficient (Wildman–Crippen LogP) is 0.0428. The second-order valence-corrected chi connectivity index (χ2v) is 3.67. The lowest BCUT2D eigenvalue weighted by atomic mass is 10.3. The molecule has 0 spiro atoms. The lowest BCUT2D eigenvalue weighted by Crippen LogP contribution is -2.23. The van der Waals surface area contributed by atoms with Crippen LogP contribution in [0, 0.1) is 0 Å². The van der Waals surface area contributed by atoms with Crippen LogP contribution in [0.1, 0.15) is 12.8 Å². The highest BCUT2D eigenvalue weighted by Crippen LogP contribution is 2.10. The van der Waals surface area contributed by atoms with Crippen molar-refractivity contribution in [3.05, 3.63) is 0 Å². The molecule has 0 amide bonds. The van der Waals surface area contributed by atoms with Crippen LogP contribution >= 0.6 is 11.6 Å². The molecular weight excluding hydrogens is 178 g/mol. The van der Waals surface area contributed by atoms with Crippen molar-refractivity contribution < 1.29 is 10.2 Å². The fourth-order valence-corrected chi connectivity index (χ4v) is 1.65. The molecule has 0 aliphatic carbocycles. The molecule has 0 aromatic carbocycles. The van der Waals surface area contributed by atoms with Crippen LogP contribution in [0.4, 0.5) is 0 Å². The summed E-state index contributed by atoms with van der Waals surface area (Å²) in [6.45, 7) is 2.13. The number of likely N-dealkylation sites (tertiary alicyclic amines) is 1. The van der Waals surface area contributed by atoms with Gasteiger partial charge in [-0.1, -0.05) is 0 Å². The Bertz CT molecular complexity index is 124. The van der Waals surface area contributed by atoms with Gasteiger partial charge in [0, 0.05) is 19.0 Å². The number of aliphatic hydroxyl groups is 2. The summed E-state index contributed by atoms with van der Waals surface area (Å²) in [5.41, 5.74) is 0. The van der Waals surface area contributed by atoms with Crippen molar-refractivity contribution in [3.8, 4) is 0 Å². The van der Waals surface area contributed by atoms with Crippen LogP contribution in [-0.4, -0.2) is 52.8 Å². The average molecular weight is 194 g/mol. The van der Waals surface area contributed by atoms with E-state index in [-0.39, 0.29) is 0 Å². The largest absolute Gasteiger partial charge is 0.389 e. The molecule has 2 N–H and O–H groups in total. The summed E-state index contributed by atoms with van der Waals surface area (Å²) >= 11 is 5.53. The fraction of sp³-hybridized carbons (Fsp3) is 1.00. The molecule has 1 aliphatic heterocycles. The van der Waals surface area contributed by atoms with Crippen LogP contribution < -0.4 is 0 Å². The smallest absolute Gasteiger partial charge is 0.0938 e. The summed E-state index contributed by atoms with van der Waals surface area (Å²) in [6.07, 6.45) is 0.940. The Morgan fingerprint density at radius 2 is 1.75 bits per heavy atom. The van der Waals surface area contributed by atoms with Crippen molar-refractivity contribution in [1.29, 1.82) is 0 Å². The quantitative estimate of drug-likeness (QED) is 0.490.